The van der Waals surface area contributed by atoms with Gasteiger partial charge in [0.1, 0.15) is 0 Å². The van der Waals surface area contributed by atoms with Crippen molar-refractivity contribution in [2.75, 3.05) is 13.2 Å². The second kappa shape index (κ2) is 5.50. The van der Waals surface area contributed by atoms with Gasteiger partial charge in [-0.2, -0.15) is 5.10 Å². The summed E-state index contributed by atoms with van der Waals surface area (Å²) in [7, 11) is 1.99. The average molecular weight is 302 g/mol. The first-order valence-electron chi connectivity index (χ1n) is 6.15. The van der Waals surface area contributed by atoms with Crippen LogP contribution in [-0.2, 0) is 11.8 Å². The topological polar surface area (TPSA) is 39.1 Å². The first kappa shape index (κ1) is 13.1. The highest BCUT2D eigenvalue weighted by Crippen LogP contribution is 2.34. The van der Waals surface area contributed by atoms with Crippen LogP contribution in [0.5, 0.6) is 0 Å². The maximum Gasteiger partial charge on any atom is 0.0696 e. The molecular formula is C12H20BrN3O. The second-order valence-electron chi connectivity index (χ2n) is 4.68. The molecule has 0 amide bonds. The number of nitrogens with zero attached hydrogens (tertiary/aromatic N) is 2. The Morgan fingerprint density at radius 1 is 1.71 bits per heavy atom. The fourth-order valence-corrected chi connectivity index (χ4v) is 3.15. The molecular weight excluding hydrogens is 282 g/mol. The van der Waals surface area contributed by atoms with Crippen LogP contribution in [0.3, 0.4) is 0 Å². The summed E-state index contributed by atoms with van der Waals surface area (Å²) < 4.78 is 8.70. The van der Waals surface area contributed by atoms with E-state index in [1.165, 1.54) is 5.69 Å². The van der Waals surface area contributed by atoms with E-state index >= 15 is 0 Å². The molecule has 0 spiro atoms. The standard InChI is InChI=1S/C12H20BrN3O/c1-4-14-11(9-5-8(2)17-7-9)12-10(13)6-15-16(12)3/h6,8-9,11,14H,4-5,7H2,1-3H3. The number of hydrogen-bond donors (Lipinski definition) is 1. The van der Waals surface area contributed by atoms with Gasteiger partial charge in [-0.05, 0) is 35.8 Å². The molecule has 0 aliphatic carbocycles. The summed E-state index contributed by atoms with van der Waals surface area (Å²) in [6.45, 7) is 6.06. The first-order chi connectivity index (χ1) is 8.13. The van der Waals surface area contributed by atoms with Crippen molar-refractivity contribution in [1.82, 2.24) is 15.1 Å². The van der Waals surface area contributed by atoms with Crippen molar-refractivity contribution in [3.63, 3.8) is 0 Å². The number of halogens is 1. The monoisotopic (exact) mass is 301 g/mol. The summed E-state index contributed by atoms with van der Waals surface area (Å²) >= 11 is 3.59. The van der Waals surface area contributed by atoms with Crippen molar-refractivity contribution >= 4 is 15.9 Å². The molecule has 0 radical (unpaired) electrons. The molecule has 1 N–H and O–H groups in total. The Morgan fingerprint density at radius 3 is 2.94 bits per heavy atom. The number of nitrogens with one attached hydrogen (secondary N) is 1. The van der Waals surface area contributed by atoms with Crippen LogP contribution in [0, 0.1) is 5.92 Å². The lowest BCUT2D eigenvalue weighted by atomic mass is 9.94. The van der Waals surface area contributed by atoms with Crippen LogP contribution in [0.1, 0.15) is 32.0 Å². The Hall–Kier alpha value is -0.390. The van der Waals surface area contributed by atoms with Gasteiger partial charge >= 0.3 is 0 Å². The highest BCUT2D eigenvalue weighted by molar-refractivity contribution is 9.10. The molecule has 1 fully saturated rings. The Kier molecular flexibility index (Phi) is 4.22. The molecule has 1 aliphatic heterocycles. The molecule has 4 nitrogen and oxygen atoms in total. The van der Waals surface area contributed by atoms with Crippen molar-refractivity contribution in [2.24, 2.45) is 13.0 Å². The molecule has 0 aromatic carbocycles. The summed E-state index contributed by atoms with van der Waals surface area (Å²) in [6, 6.07) is 0.312. The minimum atomic E-state index is 0.312. The Labute approximate surface area is 111 Å². The smallest absolute Gasteiger partial charge is 0.0696 e. The molecule has 1 aromatic rings. The zero-order valence-corrected chi connectivity index (χ0v) is 12.2. The number of ether oxygens (including phenoxy) is 1. The summed E-state index contributed by atoms with van der Waals surface area (Å²) in [5.41, 5.74) is 1.22. The van der Waals surface area contributed by atoms with Crippen LogP contribution >= 0.6 is 15.9 Å². The number of rotatable bonds is 4. The van der Waals surface area contributed by atoms with E-state index < -0.39 is 0 Å². The fraction of sp³-hybridized carbons (Fsp3) is 0.750. The zero-order chi connectivity index (χ0) is 12.4. The molecule has 2 heterocycles. The van der Waals surface area contributed by atoms with Crippen LogP contribution in [0.25, 0.3) is 0 Å². The third-order valence-corrected chi connectivity index (χ3v) is 3.97. The highest BCUT2D eigenvalue weighted by atomic mass is 79.9. The molecule has 1 saturated heterocycles. The summed E-state index contributed by atoms with van der Waals surface area (Å²) in [6.07, 6.45) is 3.34. The Morgan fingerprint density at radius 2 is 2.47 bits per heavy atom. The Bertz CT molecular complexity index is 360. The van der Waals surface area contributed by atoms with Crippen LogP contribution < -0.4 is 5.32 Å². The van der Waals surface area contributed by atoms with Crippen LogP contribution in [0.4, 0.5) is 0 Å². The van der Waals surface area contributed by atoms with Gasteiger partial charge in [-0.1, -0.05) is 6.92 Å². The summed E-state index contributed by atoms with van der Waals surface area (Å²) in [4.78, 5) is 0. The van der Waals surface area contributed by atoms with Gasteiger partial charge in [0.25, 0.3) is 0 Å². The van der Waals surface area contributed by atoms with E-state index in [1.54, 1.807) is 0 Å². The van der Waals surface area contributed by atoms with Gasteiger partial charge in [-0.25, -0.2) is 0 Å². The first-order valence-corrected chi connectivity index (χ1v) is 6.95. The van der Waals surface area contributed by atoms with Gasteiger partial charge in [0.05, 0.1) is 35.1 Å². The molecule has 17 heavy (non-hydrogen) atoms. The molecule has 1 aliphatic rings. The van der Waals surface area contributed by atoms with E-state index in [9.17, 15) is 0 Å². The molecule has 3 unspecified atom stereocenters. The number of hydrogen-bond acceptors (Lipinski definition) is 3. The van der Waals surface area contributed by atoms with Crippen molar-refractivity contribution in [1.29, 1.82) is 0 Å². The lowest BCUT2D eigenvalue weighted by Crippen LogP contribution is -2.30. The van der Waals surface area contributed by atoms with Crippen molar-refractivity contribution in [3.05, 3.63) is 16.4 Å². The zero-order valence-electron chi connectivity index (χ0n) is 10.6. The van der Waals surface area contributed by atoms with Gasteiger partial charge in [-0.15, -0.1) is 0 Å². The normalized spacial score (nSPS) is 26.4. The van der Waals surface area contributed by atoms with Gasteiger partial charge in [0.2, 0.25) is 0 Å². The van der Waals surface area contributed by atoms with Gasteiger partial charge < -0.3 is 10.1 Å². The maximum absolute atomic E-state index is 5.69. The maximum atomic E-state index is 5.69. The average Bonchev–Trinajstić information content (AvgIpc) is 2.84. The number of aryl methyl sites for hydroxylation is 1. The molecule has 0 saturated carbocycles. The SMILES string of the molecule is CCNC(c1c(Br)cnn1C)C1COC(C)C1. The lowest BCUT2D eigenvalue weighted by molar-refractivity contribution is 0.116. The van der Waals surface area contributed by atoms with Crippen molar-refractivity contribution in [2.45, 2.75) is 32.4 Å². The molecule has 2 rings (SSSR count). The summed E-state index contributed by atoms with van der Waals surface area (Å²) in [5.74, 6) is 0.525. The van der Waals surface area contributed by atoms with Crippen LogP contribution in [-0.4, -0.2) is 29.0 Å². The third-order valence-electron chi connectivity index (χ3n) is 3.36. The minimum Gasteiger partial charge on any atom is -0.378 e. The van der Waals surface area contributed by atoms with E-state index in [2.05, 4.69) is 40.2 Å². The van der Waals surface area contributed by atoms with E-state index in [1.807, 2.05) is 17.9 Å². The predicted molar refractivity (Wildman–Crippen MR) is 70.8 cm³/mol. The van der Waals surface area contributed by atoms with Crippen LogP contribution in [0.15, 0.2) is 10.7 Å². The van der Waals surface area contributed by atoms with Gasteiger partial charge in [0.15, 0.2) is 0 Å². The van der Waals surface area contributed by atoms with Crippen molar-refractivity contribution in [3.8, 4) is 0 Å². The molecule has 0 bridgehead atoms. The summed E-state index contributed by atoms with van der Waals surface area (Å²) in [5, 5.41) is 7.86. The molecule has 5 heteroatoms. The molecule has 3 atom stereocenters. The minimum absolute atomic E-state index is 0.312. The predicted octanol–water partition coefficient (Wildman–Crippen LogP) is 2.26. The molecule has 1 aromatic heterocycles. The molecule has 96 valence electrons. The largest absolute Gasteiger partial charge is 0.378 e. The highest BCUT2D eigenvalue weighted by Gasteiger charge is 2.32. The van der Waals surface area contributed by atoms with E-state index in [4.69, 9.17) is 4.74 Å². The fourth-order valence-electron chi connectivity index (χ4n) is 2.56. The van der Waals surface area contributed by atoms with Gasteiger partial charge in [-0.3, -0.25) is 4.68 Å². The quantitative estimate of drug-likeness (QED) is 0.927. The van der Waals surface area contributed by atoms with Crippen LogP contribution in [0.2, 0.25) is 0 Å². The van der Waals surface area contributed by atoms with E-state index in [0.29, 0.717) is 18.1 Å². The van der Waals surface area contributed by atoms with E-state index in [-0.39, 0.29) is 0 Å². The van der Waals surface area contributed by atoms with Gasteiger partial charge in [0, 0.05) is 13.0 Å². The second-order valence-corrected chi connectivity index (χ2v) is 5.53. The lowest BCUT2D eigenvalue weighted by Gasteiger charge is -2.24. The number of aromatic nitrogens is 2. The van der Waals surface area contributed by atoms with Crippen molar-refractivity contribution < 1.29 is 4.74 Å². The van der Waals surface area contributed by atoms with E-state index in [0.717, 1.165) is 24.0 Å². The third kappa shape index (κ3) is 2.72. The Balaban J connectivity index is 2.23.